The fraction of sp³-hybridized carbons (Fsp3) is 0.750. The summed E-state index contributed by atoms with van der Waals surface area (Å²) in [6.07, 6.45) is 1.46. The fourth-order valence-electron chi connectivity index (χ4n) is 0.225. The van der Waals surface area contributed by atoms with E-state index in [0.717, 1.165) is 0 Å². The zero-order valence-electron chi connectivity index (χ0n) is 4.84. The van der Waals surface area contributed by atoms with Crippen molar-refractivity contribution >= 4 is 16.8 Å². The molecule has 0 rings (SSSR count). The third-order valence-corrected chi connectivity index (χ3v) is 1.19. The molecular formula is C4H8O3S. The number of carbonyl (C=O) groups excluding carboxylic acids is 1. The molecule has 0 radical (unpaired) electrons. The Morgan fingerprint density at radius 2 is 2.25 bits per heavy atom. The van der Waals surface area contributed by atoms with Crippen LogP contribution in [0, 0.1) is 0 Å². The van der Waals surface area contributed by atoms with Crippen LogP contribution < -0.4 is 0 Å². The summed E-state index contributed by atoms with van der Waals surface area (Å²) in [6, 6.07) is 0. The zero-order valence-corrected chi connectivity index (χ0v) is 5.66. The molecule has 0 saturated heterocycles. The topological polar surface area (TPSA) is 43.4 Å². The number of carbonyl (C=O) groups is 1. The first-order chi connectivity index (χ1) is 3.66. The van der Waals surface area contributed by atoms with Gasteiger partial charge in [0.25, 0.3) is 0 Å². The van der Waals surface area contributed by atoms with Crippen LogP contribution in [0.1, 0.15) is 0 Å². The number of hydrogen-bond donors (Lipinski definition) is 0. The summed E-state index contributed by atoms with van der Waals surface area (Å²) in [5.41, 5.74) is 0. The van der Waals surface area contributed by atoms with Crippen molar-refractivity contribution in [2.45, 2.75) is 0 Å². The van der Waals surface area contributed by atoms with Crippen molar-refractivity contribution in [3.05, 3.63) is 0 Å². The Labute approximate surface area is 50.5 Å². The molecule has 0 N–H and O–H groups in total. The number of hydrogen-bond acceptors (Lipinski definition) is 3. The van der Waals surface area contributed by atoms with Gasteiger partial charge in [-0.3, -0.25) is 9.00 Å². The summed E-state index contributed by atoms with van der Waals surface area (Å²) >= 11 is 0. The predicted octanol–water partition coefficient (Wildman–Crippen LogP) is -0.462. The molecule has 0 bridgehead atoms. The van der Waals surface area contributed by atoms with Crippen molar-refractivity contribution in [1.29, 1.82) is 0 Å². The molecule has 0 aliphatic rings. The molecule has 3 nitrogen and oxygen atoms in total. The van der Waals surface area contributed by atoms with Crippen LogP contribution in [-0.2, 0) is 20.3 Å². The average molecular weight is 136 g/mol. The van der Waals surface area contributed by atoms with Crippen LogP contribution in [0.15, 0.2) is 0 Å². The molecular weight excluding hydrogens is 128 g/mol. The van der Waals surface area contributed by atoms with Crippen molar-refractivity contribution in [3.63, 3.8) is 0 Å². The van der Waals surface area contributed by atoms with Gasteiger partial charge in [-0.05, 0) is 0 Å². The van der Waals surface area contributed by atoms with E-state index in [1.807, 2.05) is 0 Å². The summed E-state index contributed by atoms with van der Waals surface area (Å²) < 4.78 is 14.5. The van der Waals surface area contributed by atoms with Crippen LogP contribution >= 0.6 is 0 Å². The quantitative estimate of drug-likeness (QED) is 0.482. The Morgan fingerprint density at radius 1 is 1.75 bits per heavy atom. The first-order valence-electron chi connectivity index (χ1n) is 2.03. The molecule has 0 aromatic rings. The summed E-state index contributed by atoms with van der Waals surface area (Å²) in [6.45, 7) is 0. The molecule has 0 fully saturated rings. The summed E-state index contributed by atoms with van der Waals surface area (Å²) in [7, 11) is 0.203. The van der Waals surface area contributed by atoms with E-state index in [2.05, 4.69) is 4.74 Å². The second kappa shape index (κ2) is 3.60. The van der Waals surface area contributed by atoms with Gasteiger partial charge in [0.2, 0.25) is 0 Å². The number of esters is 1. The predicted molar refractivity (Wildman–Crippen MR) is 30.9 cm³/mol. The molecule has 0 aromatic carbocycles. The van der Waals surface area contributed by atoms with E-state index in [9.17, 15) is 9.00 Å². The first-order valence-corrected chi connectivity index (χ1v) is 3.76. The molecule has 0 aliphatic carbocycles. The van der Waals surface area contributed by atoms with Crippen LogP contribution in [0.3, 0.4) is 0 Å². The third-order valence-electron chi connectivity index (χ3n) is 0.549. The minimum Gasteiger partial charge on any atom is -0.468 e. The Balaban J connectivity index is 3.40. The molecule has 0 aromatic heterocycles. The highest BCUT2D eigenvalue weighted by Gasteiger charge is 2.00. The van der Waals surface area contributed by atoms with E-state index in [1.165, 1.54) is 13.4 Å². The van der Waals surface area contributed by atoms with E-state index >= 15 is 0 Å². The first kappa shape index (κ1) is 7.62. The van der Waals surface area contributed by atoms with Crippen molar-refractivity contribution in [2.24, 2.45) is 0 Å². The minimum atomic E-state index is -1.07. The van der Waals surface area contributed by atoms with Gasteiger partial charge in [0.15, 0.2) is 0 Å². The lowest BCUT2D eigenvalue weighted by molar-refractivity contribution is -0.137. The van der Waals surface area contributed by atoms with Crippen molar-refractivity contribution in [1.82, 2.24) is 0 Å². The van der Waals surface area contributed by atoms with E-state index < -0.39 is 16.8 Å². The third kappa shape index (κ3) is 3.80. The lowest BCUT2D eigenvalue weighted by Gasteiger charge is -1.91. The van der Waals surface area contributed by atoms with Gasteiger partial charge >= 0.3 is 5.97 Å². The summed E-state index contributed by atoms with van der Waals surface area (Å²) in [4.78, 5) is 10.2. The SMILES string of the molecule is COC(=O)C[S@@](C)=O. The Morgan fingerprint density at radius 3 is 2.38 bits per heavy atom. The van der Waals surface area contributed by atoms with Gasteiger partial charge in [0, 0.05) is 17.1 Å². The number of rotatable bonds is 2. The molecule has 0 saturated carbocycles. The largest absolute Gasteiger partial charge is 0.468 e. The van der Waals surface area contributed by atoms with Gasteiger partial charge in [-0.15, -0.1) is 0 Å². The second-order valence-electron chi connectivity index (χ2n) is 1.29. The minimum absolute atomic E-state index is 0.00347. The van der Waals surface area contributed by atoms with Crippen LogP contribution in [0.2, 0.25) is 0 Å². The highest BCUT2D eigenvalue weighted by Crippen LogP contribution is 1.76. The summed E-state index contributed by atoms with van der Waals surface area (Å²) in [5, 5.41) is 0. The van der Waals surface area contributed by atoms with E-state index in [-0.39, 0.29) is 5.75 Å². The fourth-order valence-corrected chi connectivity index (χ4v) is 0.675. The molecule has 1 atom stereocenters. The molecule has 0 heterocycles. The summed E-state index contributed by atoms with van der Waals surface area (Å²) in [5.74, 6) is -0.429. The lowest BCUT2D eigenvalue weighted by Crippen LogP contribution is -2.10. The smallest absolute Gasteiger partial charge is 0.318 e. The van der Waals surface area contributed by atoms with Crippen LogP contribution in [-0.4, -0.2) is 29.3 Å². The van der Waals surface area contributed by atoms with Crippen LogP contribution in [0.5, 0.6) is 0 Å². The van der Waals surface area contributed by atoms with Crippen molar-refractivity contribution < 1.29 is 13.7 Å². The number of ether oxygens (including phenoxy) is 1. The Kier molecular flexibility index (Phi) is 3.43. The Hall–Kier alpha value is -0.380. The second-order valence-corrected chi connectivity index (χ2v) is 2.73. The molecule has 8 heavy (non-hydrogen) atoms. The maximum Gasteiger partial charge on any atom is 0.318 e. The zero-order chi connectivity index (χ0) is 6.57. The van der Waals surface area contributed by atoms with Gasteiger partial charge in [-0.25, -0.2) is 0 Å². The van der Waals surface area contributed by atoms with Gasteiger partial charge < -0.3 is 4.74 Å². The van der Waals surface area contributed by atoms with Gasteiger partial charge in [-0.1, -0.05) is 0 Å². The van der Waals surface area contributed by atoms with Crippen LogP contribution in [0.25, 0.3) is 0 Å². The lowest BCUT2D eigenvalue weighted by atomic mass is 10.8. The van der Waals surface area contributed by atoms with Crippen LogP contribution in [0.4, 0.5) is 0 Å². The highest BCUT2D eigenvalue weighted by atomic mass is 32.2. The highest BCUT2D eigenvalue weighted by molar-refractivity contribution is 7.84. The normalized spacial score (nSPS) is 12.8. The van der Waals surface area contributed by atoms with E-state index in [0.29, 0.717) is 0 Å². The van der Waals surface area contributed by atoms with Gasteiger partial charge in [-0.2, -0.15) is 0 Å². The maximum absolute atomic E-state index is 10.2. The number of methoxy groups -OCH3 is 1. The molecule has 0 unspecified atom stereocenters. The van der Waals surface area contributed by atoms with E-state index in [4.69, 9.17) is 0 Å². The standard InChI is InChI=1S/C4H8O3S/c1-7-4(5)3-8(2)6/h3H2,1-2H3/t8-/m1/s1. The molecule has 0 amide bonds. The molecule has 48 valence electrons. The van der Waals surface area contributed by atoms with Crippen molar-refractivity contribution in [3.8, 4) is 0 Å². The van der Waals surface area contributed by atoms with E-state index in [1.54, 1.807) is 0 Å². The molecule has 0 spiro atoms. The Bertz CT molecular complexity index is 110. The van der Waals surface area contributed by atoms with Gasteiger partial charge in [0.05, 0.1) is 7.11 Å². The van der Waals surface area contributed by atoms with Gasteiger partial charge in [0.1, 0.15) is 5.75 Å². The monoisotopic (exact) mass is 136 g/mol. The maximum atomic E-state index is 10.2. The molecule has 4 heteroatoms. The average Bonchev–Trinajstić information content (AvgIpc) is 1.65. The molecule has 0 aliphatic heterocycles. The van der Waals surface area contributed by atoms with Crippen molar-refractivity contribution in [2.75, 3.05) is 19.1 Å².